The first-order valence-corrected chi connectivity index (χ1v) is 10.4. The molecule has 0 spiro atoms. The summed E-state index contributed by atoms with van der Waals surface area (Å²) in [6.45, 7) is 1.78. The Kier molecular flexibility index (Phi) is 6.75. The number of ether oxygens (including phenoxy) is 3. The summed E-state index contributed by atoms with van der Waals surface area (Å²) in [6.07, 6.45) is 0. The van der Waals surface area contributed by atoms with Crippen molar-refractivity contribution in [1.29, 1.82) is 0 Å². The van der Waals surface area contributed by atoms with E-state index in [0.717, 1.165) is 5.56 Å². The second kappa shape index (κ2) is 10.1. The van der Waals surface area contributed by atoms with Gasteiger partial charge >= 0.3 is 0 Å². The van der Waals surface area contributed by atoms with Gasteiger partial charge < -0.3 is 19.5 Å². The summed E-state index contributed by atoms with van der Waals surface area (Å²) < 4.78 is 16.0. The molecule has 0 saturated heterocycles. The van der Waals surface area contributed by atoms with E-state index < -0.39 is 0 Å². The normalized spacial score (nSPS) is 12.2. The minimum Gasteiger partial charge on any atom is -0.484 e. The molecule has 2 amide bonds. The first-order chi connectivity index (χ1) is 16.0. The van der Waals surface area contributed by atoms with Gasteiger partial charge in [-0.15, -0.1) is 0 Å². The number of hydrazone groups is 1. The highest BCUT2D eigenvalue weighted by Crippen LogP contribution is 2.32. The zero-order chi connectivity index (χ0) is 23.2. The predicted molar refractivity (Wildman–Crippen MR) is 124 cm³/mol. The molecule has 0 aliphatic carbocycles. The summed E-state index contributed by atoms with van der Waals surface area (Å²) >= 11 is 5.83. The van der Waals surface area contributed by atoms with Crippen LogP contribution in [-0.2, 0) is 4.79 Å². The molecule has 1 aliphatic heterocycles. The third kappa shape index (κ3) is 5.81. The van der Waals surface area contributed by atoms with Gasteiger partial charge in [-0.25, -0.2) is 5.43 Å². The van der Waals surface area contributed by atoms with Crippen molar-refractivity contribution in [3.63, 3.8) is 0 Å². The van der Waals surface area contributed by atoms with Gasteiger partial charge in [0, 0.05) is 16.3 Å². The Bertz CT molecular complexity index is 1190. The molecule has 0 radical (unpaired) electrons. The number of fused-ring (bicyclic) bond motifs is 1. The van der Waals surface area contributed by atoms with Crippen molar-refractivity contribution in [2.75, 3.05) is 18.7 Å². The lowest BCUT2D eigenvalue weighted by atomic mass is 10.1. The molecule has 3 aromatic carbocycles. The third-order valence-electron chi connectivity index (χ3n) is 4.73. The lowest BCUT2D eigenvalue weighted by Gasteiger charge is -2.08. The zero-order valence-corrected chi connectivity index (χ0v) is 18.4. The van der Waals surface area contributed by atoms with Crippen molar-refractivity contribution < 1.29 is 23.8 Å². The largest absolute Gasteiger partial charge is 0.484 e. The summed E-state index contributed by atoms with van der Waals surface area (Å²) in [4.78, 5) is 24.5. The molecule has 1 aliphatic rings. The van der Waals surface area contributed by atoms with Crippen molar-refractivity contribution >= 4 is 34.8 Å². The van der Waals surface area contributed by atoms with E-state index >= 15 is 0 Å². The van der Waals surface area contributed by atoms with Crippen LogP contribution in [0.4, 0.5) is 5.69 Å². The molecule has 0 atom stereocenters. The van der Waals surface area contributed by atoms with Crippen LogP contribution in [0.3, 0.4) is 0 Å². The summed E-state index contributed by atoms with van der Waals surface area (Å²) in [5.41, 5.74) is 4.95. The smallest absolute Gasteiger partial charge is 0.271 e. The number of nitrogens with one attached hydrogen (secondary N) is 2. The highest BCUT2D eigenvalue weighted by Gasteiger charge is 2.16. The Balaban J connectivity index is 1.29. The summed E-state index contributed by atoms with van der Waals surface area (Å²) in [5, 5.41) is 7.51. The number of nitrogens with zero attached hydrogens (tertiary/aromatic N) is 1. The van der Waals surface area contributed by atoms with Crippen molar-refractivity contribution in [3.05, 3.63) is 82.9 Å². The van der Waals surface area contributed by atoms with Crippen molar-refractivity contribution in [2.45, 2.75) is 6.92 Å². The van der Waals surface area contributed by atoms with Crippen LogP contribution in [-0.4, -0.2) is 30.9 Å². The molecule has 3 aromatic rings. The fourth-order valence-corrected chi connectivity index (χ4v) is 3.10. The fourth-order valence-electron chi connectivity index (χ4n) is 2.97. The molecular formula is C24H20ClN3O5. The maximum absolute atomic E-state index is 12.4. The molecule has 4 rings (SSSR count). The molecule has 0 aromatic heterocycles. The molecule has 9 heteroatoms. The van der Waals surface area contributed by atoms with Crippen molar-refractivity contribution in [2.24, 2.45) is 5.10 Å². The van der Waals surface area contributed by atoms with Crippen molar-refractivity contribution in [3.8, 4) is 17.2 Å². The Morgan fingerprint density at radius 2 is 1.67 bits per heavy atom. The SMILES string of the molecule is CC(=NNC(=O)c1ccc2c(c1)OCO2)c1ccc(NC(=O)COc2ccc(Cl)cc2)cc1. The average molecular weight is 466 g/mol. The lowest BCUT2D eigenvalue weighted by molar-refractivity contribution is -0.118. The summed E-state index contributed by atoms with van der Waals surface area (Å²) in [6, 6.07) is 18.8. The van der Waals surface area contributed by atoms with E-state index in [1.807, 2.05) is 0 Å². The Morgan fingerprint density at radius 1 is 0.970 bits per heavy atom. The average Bonchev–Trinajstić information content (AvgIpc) is 3.30. The number of carbonyl (C=O) groups excluding carboxylic acids is 2. The second-order valence-corrected chi connectivity index (χ2v) is 7.51. The Labute approximate surface area is 195 Å². The van der Waals surface area contributed by atoms with Gasteiger partial charge in [0.2, 0.25) is 6.79 Å². The van der Waals surface area contributed by atoms with Gasteiger partial charge in [-0.2, -0.15) is 5.10 Å². The van der Waals surface area contributed by atoms with Gasteiger partial charge in [0.25, 0.3) is 11.8 Å². The molecular weight excluding hydrogens is 446 g/mol. The van der Waals surface area contributed by atoms with E-state index in [4.69, 9.17) is 25.8 Å². The van der Waals surface area contributed by atoms with E-state index in [2.05, 4.69) is 15.8 Å². The number of amides is 2. The van der Waals surface area contributed by atoms with Crippen LogP contribution in [0.5, 0.6) is 17.2 Å². The quantitative estimate of drug-likeness (QED) is 0.401. The van der Waals surface area contributed by atoms with Crippen LogP contribution in [0.1, 0.15) is 22.8 Å². The van der Waals surface area contributed by atoms with E-state index in [9.17, 15) is 9.59 Å². The van der Waals surface area contributed by atoms with Crippen LogP contribution >= 0.6 is 11.6 Å². The molecule has 0 fully saturated rings. The zero-order valence-electron chi connectivity index (χ0n) is 17.6. The first-order valence-electron chi connectivity index (χ1n) is 10.0. The van der Waals surface area contributed by atoms with Gasteiger partial charge in [0.1, 0.15) is 5.75 Å². The number of carbonyl (C=O) groups is 2. The number of hydrogen-bond donors (Lipinski definition) is 2. The lowest BCUT2D eigenvalue weighted by Crippen LogP contribution is -2.20. The van der Waals surface area contributed by atoms with Gasteiger partial charge in [-0.1, -0.05) is 23.7 Å². The number of halogens is 1. The van der Waals surface area contributed by atoms with E-state index in [-0.39, 0.29) is 25.2 Å². The molecule has 1 heterocycles. The molecule has 0 bridgehead atoms. The van der Waals surface area contributed by atoms with Gasteiger partial charge in [-0.05, 0) is 67.1 Å². The molecule has 0 unspecified atom stereocenters. The number of benzene rings is 3. The van der Waals surface area contributed by atoms with Crippen LogP contribution in [0.2, 0.25) is 5.02 Å². The molecule has 0 saturated carbocycles. The molecule has 2 N–H and O–H groups in total. The van der Waals surface area contributed by atoms with Crippen LogP contribution in [0.15, 0.2) is 71.8 Å². The summed E-state index contributed by atoms with van der Waals surface area (Å²) in [5.74, 6) is 1.03. The summed E-state index contributed by atoms with van der Waals surface area (Å²) in [7, 11) is 0. The van der Waals surface area contributed by atoms with E-state index in [0.29, 0.717) is 39.2 Å². The number of anilines is 1. The highest BCUT2D eigenvalue weighted by atomic mass is 35.5. The topological polar surface area (TPSA) is 98.3 Å². The fraction of sp³-hybridized carbons (Fsp3) is 0.125. The first kappa shape index (κ1) is 22.2. The van der Waals surface area contributed by atoms with Gasteiger partial charge in [0.05, 0.1) is 5.71 Å². The highest BCUT2D eigenvalue weighted by molar-refractivity contribution is 6.30. The van der Waals surface area contributed by atoms with Crippen molar-refractivity contribution in [1.82, 2.24) is 5.43 Å². The standard InChI is InChI=1S/C24H20ClN3O5/c1-15(27-28-24(30)17-4-11-21-22(12-17)33-14-32-21)16-2-7-19(8-3-16)26-23(29)13-31-20-9-5-18(25)6-10-20/h2-12H,13-14H2,1H3,(H,26,29)(H,28,30). The van der Waals surface area contributed by atoms with E-state index in [1.165, 1.54) is 0 Å². The molecule has 168 valence electrons. The molecule has 33 heavy (non-hydrogen) atoms. The Hall–Kier alpha value is -4.04. The van der Waals surface area contributed by atoms with Crippen LogP contribution < -0.4 is 25.0 Å². The maximum atomic E-state index is 12.4. The number of hydrogen-bond acceptors (Lipinski definition) is 6. The molecule has 8 nitrogen and oxygen atoms in total. The van der Waals surface area contributed by atoms with E-state index in [1.54, 1.807) is 73.7 Å². The monoisotopic (exact) mass is 465 g/mol. The van der Waals surface area contributed by atoms with Gasteiger partial charge in [0.15, 0.2) is 18.1 Å². The van der Waals surface area contributed by atoms with Gasteiger partial charge in [-0.3, -0.25) is 9.59 Å². The second-order valence-electron chi connectivity index (χ2n) is 7.07. The van der Waals surface area contributed by atoms with Crippen LogP contribution in [0, 0.1) is 0 Å². The predicted octanol–water partition coefficient (Wildman–Crippen LogP) is 4.24. The Morgan fingerprint density at radius 3 is 2.42 bits per heavy atom. The minimum absolute atomic E-state index is 0.129. The number of rotatable bonds is 7. The third-order valence-corrected chi connectivity index (χ3v) is 4.98. The minimum atomic E-state index is -0.364. The maximum Gasteiger partial charge on any atom is 0.271 e. The van der Waals surface area contributed by atoms with Crippen LogP contribution in [0.25, 0.3) is 0 Å².